The fourth-order valence-corrected chi connectivity index (χ4v) is 5.22. The van der Waals surface area contributed by atoms with Gasteiger partial charge in [-0.05, 0) is 74.0 Å². The Morgan fingerprint density at radius 1 is 1.03 bits per heavy atom. The molecule has 2 amide bonds. The van der Waals surface area contributed by atoms with Gasteiger partial charge in [0.15, 0.2) is 11.5 Å². The number of carbonyl (C=O) groups excluding carboxylic acids is 2. The number of aryl methyl sites for hydroxylation is 2. The maximum absolute atomic E-state index is 13.3. The monoisotopic (exact) mass is 463 g/mol. The van der Waals surface area contributed by atoms with Gasteiger partial charge in [0, 0.05) is 44.4 Å². The van der Waals surface area contributed by atoms with Crippen LogP contribution < -0.4 is 14.8 Å². The molecule has 5 rings (SSSR count). The summed E-state index contributed by atoms with van der Waals surface area (Å²) in [6, 6.07) is 9.94. The number of fused-ring (bicyclic) bond motifs is 2. The first-order chi connectivity index (χ1) is 16.5. The fourth-order valence-electron chi connectivity index (χ4n) is 5.22. The molecule has 180 valence electrons. The van der Waals surface area contributed by atoms with Gasteiger partial charge in [-0.2, -0.15) is 0 Å². The molecule has 1 saturated heterocycles. The van der Waals surface area contributed by atoms with Gasteiger partial charge in [0.25, 0.3) is 0 Å². The largest absolute Gasteiger partial charge is 0.454 e. The normalized spacial score (nSPS) is 19.6. The Bertz CT molecular complexity index is 1100. The number of benzene rings is 2. The first-order valence-corrected chi connectivity index (χ1v) is 12.3. The van der Waals surface area contributed by atoms with Gasteiger partial charge in [-0.3, -0.25) is 9.59 Å². The van der Waals surface area contributed by atoms with Gasteiger partial charge < -0.3 is 24.6 Å². The molecule has 7 nitrogen and oxygen atoms in total. The molecule has 2 aromatic rings. The van der Waals surface area contributed by atoms with Crippen LogP contribution in [0.3, 0.4) is 0 Å². The predicted octanol–water partition coefficient (Wildman–Crippen LogP) is 3.66. The van der Waals surface area contributed by atoms with E-state index >= 15 is 0 Å². The molecule has 3 aliphatic rings. The summed E-state index contributed by atoms with van der Waals surface area (Å²) in [6.07, 6.45) is 3.24. The molecule has 0 radical (unpaired) electrons. The summed E-state index contributed by atoms with van der Waals surface area (Å²) in [7, 11) is 0. The molecule has 1 fully saturated rings. The minimum absolute atomic E-state index is 0.0127. The quantitative estimate of drug-likeness (QED) is 0.733. The highest BCUT2D eigenvalue weighted by Crippen LogP contribution is 2.34. The van der Waals surface area contributed by atoms with Crippen LogP contribution in [0.15, 0.2) is 30.3 Å². The van der Waals surface area contributed by atoms with Gasteiger partial charge in [0.1, 0.15) is 0 Å². The summed E-state index contributed by atoms with van der Waals surface area (Å²) >= 11 is 0. The van der Waals surface area contributed by atoms with E-state index in [0.717, 1.165) is 38.9 Å². The number of nitrogens with one attached hydrogen (secondary N) is 1. The number of nitrogens with zero attached hydrogens (tertiary/aromatic N) is 2. The van der Waals surface area contributed by atoms with Crippen molar-refractivity contribution in [3.8, 4) is 11.5 Å². The van der Waals surface area contributed by atoms with E-state index in [0.29, 0.717) is 36.7 Å². The summed E-state index contributed by atoms with van der Waals surface area (Å²) in [5.74, 6) is 1.59. The van der Waals surface area contributed by atoms with Crippen LogP contribution in [0.1, 0.15) is 41.5 Å². The van der Waals surface area contributed by atoms with Crippen molar-refractivity contribution in [1.29, 1.82) is 0 Å². The number of carbonyl (C=O) groups is 2. The number of piperidine rings is 1. The molecule has 1 atom stereocenters. The van der Waals surface area contributed by atoms with E-state index in [1.807, 2.05) is 11.0 Å². The Balaban J connectivity index is 1.12. The van der Waals surface area contributed by atoms with Crippen molar-refractivity contribution in [3.05, 3.63) is 52.6 Å². The van der Waals surface area contributed by atoms with Gasteiger partial charge in [0.2, 0.25) is 18.6 Å². The zero-order chi connectivity index (χ0) is 23.7. The second-order valence-electron chi connectivity index (χ2n) is 9.72. The molecule has 0 saturated carbocycles. The minimum Gasteiger partial charge on any atom is -0.454 e. The Morgan fingerprint density at radius 3 is 2.68 bits per heavy atom. The Labute approximate surface area is 201 Å². The number of amides is 2. The van der Waals surface area contributed by atoms with Crippen molar-refractivity contribution in [2.75, 3.05) is 38.3 Å². The van der Waals surface area contributed by atoms with Crippen molar-refractivity contribution in [2.45, 2.75) is 46.1 Å². The molecular formula is C27H33N3O4. The molecule has 2 aromatic carbocycles. The Morgan fingerprint density at radius 2 is 1.82 bits per heavy atom. The highest BCUT2D eigenvalue weighted by atomic mass is 16.7. The maximum atomic E-state index is 13.3. The predicted molar refractivity (Wildman–Crippen MR) is 130 cm³/mol. The molecule has 7 heteroatoms. The highest BCUT2D eigenvalue weighted by Gasteiger charge is 2.31. The SMILES string of the molecule is Cc1cc2c(cc1C)CN(C(=O)[C@@H]1CCCN(CCC(=O)Nc3ccc4c(c3)OCO4)C1)CC2. The number of likely N-dealkylation sites (tertiary alicyclic amines) is 1. The smallest absolute Gasteiger partial charge is 0.231 e. The van der Waals surface area contributed by atoms with Crippen molar-refractivity contribution in [1.82, 2.24) is 9.80 Å². The third-order valence-electron chi connectivity index (χ3n) is 7.31. The van der Waals surface area contributed by atoms with E-state index in [1.54, 1.807) is 12.1 Å². The summed E-state index contributed by atoms with van der Waals surface area (Å²) in [5.41, 5.74) is 5.98. The molecule has 34 heavy (non-hydrogen) atoms. The second-order valence-corrected chi connectivity index (χ2v) is 9.72. The first kappa shape index (κ1) is 22.7. The maximum Gasteiger partial charge on any atom is 0.231 e. The molecule has 0 aliphatic carbocycles. The standard InChI is InChI=1S/C27H33N3O4/c1-18-12-20-7-11-30(16-22(20)13-19(18)2)27(32)21-4-3-9-29(15-21)10-8-26(31)28-23-5-6-24-25(14-23)34-17-33-24/h5-6,12-14,21H,3-4,7-11,15-17H2,1-2H3,(H,28,31)/t21-/m1/s1. The third-order valence-corrected chi connectivity index (χ3v) is 7.31. The van der Waals surface area contributed by atoms with Gasteiger partial charge in [-0.25, -0.2) is 0 Å². The van der Waals surface area contributed by atoms with Crippen LogP contribution >= 0.6 is 0 Å². The van der Waals surface area contributed by atoms with Gasteiger partial charge in [-0.15, -0.1) is 0 Å². The Hall–Kier alpha value is -3.06. The zero-order valence-corrected chi connectivity index (χ0v) is 20.1. The molecular weight excluding hydrogens is 430 g/mol. The van der Waals surface area contributed by atoms with E-state index < -0.39 is 0 Å². The minimum atomic E-state index is -0.0365. The van der Waals surface area contributed by atoms with E-state index in [-0.39, 0.29) is 24.5 Å². The van der Waals surface area contributed by atoms with Crippen molar-refractivity contribution in [3.63, 3.8) is 0 Å². The van der Waals surface area contributed by atoms with Crippen LogP contribution in [0, 0.1) is 19.8 Å². The van der Waals surface area contributed by atoms with Crippen molar-refractivity contribution in [2.24, 2.45) is 5.92 Å². The average molecular weight is 464 g/mol. The van der Waals surface area contributed by atoms with Crippen LogP contribution in [-0.4, -0.2) is 54.6 Å². The van der Waals surface area contributed by atoms with E-state index in [2.05, 4.69) is 36.2 Å². The van der Waals surface area contributed by atoms with Crippen molar-refractivity contribution >= 4 is 17.5 Å². The summed E-state index contributed by atoms with van der Waals surface area (Å²) < 4.78 is 10.7. The lowest BCUT2D eigenvalue weighted by atomic mass is 9.92. The number of hydrogen-bond donors (Lipinski definition) is 1. The second kappa shape index (κ2) is 9.66. The van der Waals surface area contributed by atoms with E-state index in [4.69, 9.17) is 9.47 Å². The molecule has 0 unspecified atom stereocenters. The molecule has 0 aromatic heterocycles. The molecule has 0 bridgehead atoms. The molecule has 3 heterocycles. The summed E-state index contributed by atoms with van der Waals surface area (Å²) in [6.45, 7) is 8.32. The van der Waals surface area contributed by atoms with Crippen LogP contribution in [0.2, 0.25) is 0 Å². The topological polar surface area (TPSA) is 71.1 Å². The van der Waals surface area contributed by atoms with Crippen LogP contribution in [-0.2, 0) is 22.6 Å². The Kier molecular flexibility index (Phi) is 6.46. The van der Waals surface area contributed by atoms with Crippen LogP contribution in [0.4, 0.5) is 5.69 Å². The first-order valence-electron chi connectivity index (χ1n) is 12.3. The average Bonchev–Trinajstić information content (AvgIpc) is 3.31. The number of anilines is 1. The number of rotatable bonds is 5. The third kappa shape index (κ3) is 4.89. The molecule has 1 N–H and O–H groups in total. The van der Waals surface area contributed by atoms with Gasteiger partial charge >= 0.3 is 0 Å². The van der Waals surface area contributed by atoms with Gasteiger partial charge in [0.05, 0.1) is 5.92 Å². The number of hydrogen-bond acceptors (Lipinski definition) is 5. The molecule has 3 aliphatic heterocycles. The van der Waals surface area contributed by atoms with Crippen molar-refractivity contribution < 1.29 is 19.1 Å². The highest BCUT2D eigenvalue weighted by molar-refractivity contribution is 5.91. The van der Waals surface area contributed by atoms with Crippen LogP contribution in [0.25, 0.3) is 0 Å². The van der Waals surface area contributed by atoms with Crippen LogP contribution in [0.5, 0.6) is 11.5 Å². The summed E-state index contributed by atoms with van der Waals surface area (Å²) in [4.78, 5) is 30.1. The lowest BCUT2D eigenvalue weighted by Crippen LogP contribution is -2.46. The van der Waals surface area contributed by atoms with E-state index in [1.165, 1.54) is 22.3 Å². The lowest BCUT2D eigenvalue weighted by Gasteiger charge is -2.37. The van der Waals surface area contributed by atoms with E-state index in [9.17, 15) is 9.59 Å². The fraction of sp³-hybridized carbons (Fsp3) is 0.481. The van der Waals surface area contributed by atoms with Gasteiger partial charge in [-0.1, -0.05) is 12.1 Å². The lowest BCUT2D eigenvalue weighted by molar-refractivity contribution is -0.138. The summed E-state index contributed by atoms with van der Waals surface area (Å²) in [5, 5.41) is 2.94. The molecule has 0 spiro atoms. The number of ether oxygens (including phenoxy) is 2. The zero-order valence-electron chi connectivity index (χ0n) is 20.1.